The maximum Gasteiger partial charge on any atom is 0.288 e. The number of carbonyl (C=O) groups excluding carboxylic acids is 2. The lowest BCUT2D eigenvalue weighted by atomic mass is 10.1. The van der Waals surface area contributed by atoms with Gasteiger partial charge in [0.25, 0.3) is 5.91 Å². The number of nitrogens with zero attached hydrogens (tertiary/aromatic N) is 4. The molecule has 2 N–H and O–H groups in total. The van der Waals surface area contributed by atoms with Gasteiger partial charge in [0.05, 0.1) is 17.1 Å². The molecule has 0 fully saturated rings. The van der Waals surface area contributed by atoms with Gasteiger partial charge in [-0.1, -0.05) is 22.0 Å². The van der Waals surface area contributed by atoms with E-state index in [2.05, 4.69) is 31.0 Å². The number of hydrogen-bond donors (Lipinski definition) is 1. The number of carbonyl (C=O) groups is 2. The molecule has 0 spiro atoms. The van der Waals surface area contributed by atoms with Crippen LogP contribution in [0, 0.1) is 0 Å². The van der Waals surface area contributed by atoms with Crippen molar-refractivity contribution in [2.24, 2.45) is 5.73 Å². The van der Waals surface area contributed by atoms with Crippen LogP contribution in [-0.4, -0.2) is 31.4 Å². The fraction of sp³-hybridized carbons (Fsp3) is 0.0625. The van der Waals surface area contributed by atoms with Crippen LogP contribution in [0.25, 0.3) is 5.69 Å². The van der Waals surface area contributed by atoms with Crippen molar-refractivity contribution < 1.29 is 9.59 Å². The number of primary amides is 1. The van der Waals surface area contributed by atoms with Crippen molar-refractivity contribution >= 4 is 39.2 Å². The van der Waals surface area contributed by atoms with Crippen molar-refractivity contribution in [2.45, 2.75) is 5.88 Å². The van der Waals surface area contributed by atoms with Crippen molar-refractivity contribution in [1.29, 1.82) is 0 Å². The summed E-state index contributed by atoms with van der Waals surface area (Å²) in [6.07, 6.45) is 1.54. The maximum absolute atomic E-state index is 12.9. The molecule has 1 amide bonds. The average Bonchev–Trinajstić information content (AvgIpc) is 3.06. The summed E-state index contributed by atoms with van der Waals surface area (Å²) in [5.74, 6) is -0.954. The molecule has 0 radical (unpaired) electrons. The first kappa shape index (κ1) is 17.2. The Morgan fingerprint density at radius 1 is 1.24 bits per heavy atom. The number of amides is 1. The summed E-state index contributed by atoms with van der Waals surface area (Å²) in [4.78, 5) is 32.3. The smallest absolute Gasteiger partial charge is 0.288 e. The first-order chi connectivity index (χ1) is 12.0. The Morgan fingerprint density at radius 3 is 2.68 bits per heavy atom. The van der Waals surface area contributed by atoms with Gasteiger partial charge >= 0.3 is 0 Å². The van der Waals surface area contributed by atoms with Crippen molar-refractivity contribution in [1.82, 2.24) is 19.7 Å². The van der Waals surface area contributed by atoms with E-state index in [4.69, 9.17) is 17.3 Å². The molecule has 0 aliphatic carbocycles. The minimum atomic E-state index is -0.778. The van der Waals surface area contributed by atoms with E-state index >= 15 is 0 Å². The number of ketones is 1. The molecule has 25 heavy (non-hydrogen) atoms. The highest BCUT2D eigenvalue weighted by atomic mass is 79.9. The normalized spacial score (nSPS) is 10.6. The second-order valence-corrected chi connectivity index (χ2v) is 6.15. The largest absolute Gasteiger partial charge is 0.363 e. The van der Waals surface area contributed by atoms with Crippen LogP contribution in [0.3, 0.4) is 0 Å². The highest BCUT2D eigenvalue weighted by Gasteiger charge is 2.21. The van der Waals surface area contributed by atoms with E-state index in [1.54, 1.807) is 36.4 Å². The molecule has 7 nitrogen and oxygen atoms in total. The van der Waals surface area contributed by atoms with E-state index in [1.807, 2.05) is 0 Å². The first-order valence-electron chi connectivity index (χ1n) is 7.08. The molecule has 0 unspecified atom stereocenters. The van der Waals surface area contributed by atoms with Gasteiger partial charge in [-0.2, -0.15) is 0 Å². The van der Waals surface area contributed by atoms with Crippen LogP contribution >= 0.6 is 27.5 Å². The molecule has 0 saturated heterocycles. The topological polar surface area (TPSA) is 104 Å². The third-order valence-electron chi connectivity index (χ3n) is 3.34. The van der Waals surface area contributed by atoms with Gasteiger partial charge in [0.1, 0.15) is 11.5 Å². The Morgan fingerprint density at radius 2 is 2.04 bits per heavy atom. The number of benzene rings is 1. The highest BCUT2D eigenvalue weighted by molar-refractivity contribution is 9.10. The number of halogens is 2. The molecule has 0 bridgehead atoms. The monoisotopic (exact) mass is 419 g/mol. The number of rotatable bonds is 5. The number of hydrogen-bond acceptors (Lipinski definition) is 5. The number of aromatic nitrogens is 4. The molecule has 0 saturated carbocycles. The third kappa shape index (κ3) is 3.45. The molecule has 0 atom stereocenters. The third-order valence-corrected chi connectivity index (χ3v) is 4.08. The molecule has 0 aliphatic rings. The van der Waals surface area contributed by atoms with Gasteiger partial charge in [-0.3, -0.25) is 14.6 Å². The van der Waals surface area contributed by atoms with Crippen LogP contribution in [0.15, 0.2) is 47.1 Å². The molecule has 2 heterocycles. The standard InChI is InChI=1S/C16H11BrClN5O2/c17-9-4-5-12(23-13(8-18)21-16(22-23)15(19)25)10(7-9)14(24)11-3-1-2-6-20-11/h1-7H,8H2,(H2,19,25). The molecule has 3 aromatic rings. The Labute approximate surface area is 156 Å². The molecule has 1 aromatic carbocycles. The molecule has 0 aliphatic heterocycles. The summed E-state index contributed by atoms with van der Waals surface area (Å²) < 4.78 is 2.05. The molecule has 9 heteroatoms. The Kier molecular flexibility index (Phi) is 4.91. The zero-order valence-corrected chi connectivity index (χ0v) is 15.0. The minimum absolute atomic E-state index is 0.00639. The van der Waals surface area contributed by atoms with Gasteiger partial charge in [-0.15, -0.1) is 16.7 Å². The van der Waals surface area contributed by atoms with E-state index in [0.717, 1.165) is 0 Å². The van der Waals surface area contributed by atoms with E-state index in [1.165, 1.54) is 10.9 Å². The van der Waals surface area contributed by atoms with Crippen LogP contribution in [0.5, 0.6) is 0 Å². The summed E-state index contributed by atoms with van der Waals surface area (Å²) in [6, 6.07) is 10.1. The van der Waals surface area contributed by atoms with Crippen molar-refractivity contribution in [2.75, 3.05) is 0 Å². The summed E-state index contributed by atoms with van der Waals surface area (Å²) in [5, 5.41) is 4.08. The summed E-state index contributed by atoms with van der Waals surface area (Å²) >= 11 is 9.25. The second-order valence-electron chi connectivity index (χ2n) is 4.97. The quantitative estimate of drug-likeness (QED) is 0.504. The zero-order chi connectivity index (χ0) is 18.0. The molecular formula is C16H11BrClN5O2. The van der Waals surface area contributed by atoms with Crippen LogP contribution in [0.1, 0.15) is 32.5 Å². The summed E-state index contributed by atoms with van der Waals surface area (Å²) in [6.45, 7) is 0. The lowest BCUT2D eigenvalue weighted by molar-refractivity contribution is 0.0989. The van der Waals surface area contributed by atoms with E-state index in [0.29, 0.717) is 21.5 Å². The van der Waals surface area contributed by atoms with Crippen molar-refractivity contribution in [3.05, 3.63) is 70.0 Å². The van der Waals surface area contributed by atoms with Crippen LogP contribution in [0.2, 0.25) is 0 Å². The van der Waals surface area contributed by atoms with Gasteiger partial charge in [-0.05, 0) is 30.3 Å². The Hall–Kier alpha value is -2.58. The number of pyridine rings is 1. The van der Waals surface area contributed by atoms with Crippen LogP contribution in [0.4, 0.5) is 0 Å². The predicted molar refractivity (Wildman–Crippen MR) is 94.8 cm³/mol. The Balaban J connectivity index is 2.18. The Bertz CT molecular complexity index is 958. The van der Waals surface area contributed by atoms with Gasteiger partial charge in [-0.25, -0.2) is 9.67 Å². The second kappa shape index (κ2) is 7.12. The van der Waals surface area contributed by atoms with E-state index in [9.17, 15) is 9.59 Å². The van der Waals surface area contributed by atoms with Crippen LogP contribution in [-0.2, 0) is 5.88 Å². The molecule has 126 valence electrons. The number of alkyl halides is 1. The number of nitrogens with two attached hydrogens (primary N) is 1. The summed E-state index contributed by atoms with van der Waals surface area (Å²) in [5.41, 5.74) is 6.28. The zero-order valence-electron chi connectivity index (χ0n) is 12.7. The lowest BCUT2D eigenvalue weighted by Gasteiger charge is -2.10. The maximum atomic E-state index is 12.9. The minimum Gasteiger partial charge on any atom is -0.363 e. The van der Waals surface area contributed by atoms with Gasteiger partial charge in [0.2, 0.25) is 11.6 Å². The van der Waals surface area contributed by atoms with Crippen molar-refractivity contribution in [3.63, 3.8) is 0 Å². The highest BCUT2D eigenvalue weighted by Crippen LogP contribution is 2.23. The lowest BCUT2D eigenvalue weighted by Crippen LogP contribution is -2.14. The van der Waals surface area contributed by atoms with Gasteiger partial charge < -0.3 is 5.73 Å². The molecular weight excluding hydrogens is 410 g/mol. The predicted octanol–water partition coefficient (Wildman–Crippen LogP) is 2.49. The fourth-order valence-corrected chi connectivity index (χ4v) is 2.77. The fourth-order valence-electron chi connectivity index (χ4n) is 2.24. The van der Waals surface area contributed by atoms with Crippen LogP contribution < -0.4 is 5.73 Å². The van der Waals surface area contributed by atoms with E-state index in [-0.39, 0.29) is 23.2 Å². The SMILES string of the molecule is NC(=O)c1nc(CCl)n(-c2ccc(Br)cc2C(=O)c2ccccn2)n1. The van der Waals surface area contributed by atoms with Gasteiger partial charge in [0.15, 0.2) is 0 Å². The van der Waals surface area contributed by atoms with E-state index < -0.39 is 5.91 Å². The van der Waals surface area contributed by atoms with Gasteiger partial charge in [0, 0.05) is 10.7 Å². The van der Waals surface area contributed by atoms with Crippen molar-refractivity contribution in [3.8, 4) is 5.69 Å². The summed E-state index contributed by atoms with van der Waals surface area (Å²) in [7, 11) is 0. The first-order valence-corrected chi connectivity index (χ1v) is 8.41. The molecule has 2 aromatic heterocycles. The molecule has 3 rings (SSSR count). The average molecular weight is 421 g/mol.